The van der Waals surface area contributed by atoms with Gasteiger partial charge >= 0.3 is 6.09 Å². The Labute approximate surface area is 137 Å². The normalized spacial score (nSPS) is 13.8. The minimum atomic E-state index is -0.477. The molecule has 0 bridgehead atoms. The van der Waals surface area contributed by atoms with Gasteiger partial charge < -0.3 is 15.8 Å². The van der Waals surface area contributed by atoms with Crippen molar-refractivity contribution in [2.45, 2.75) is 79.0 Å². The number of nitrogens with two attached hydrogens (primary N) is 1. The molecule has 132 valence electrons. The molecule has 1 amide bonds. The van der Waals surface area contributed by atoms with Crippen molar-refractivity contribution >= 4 is 6.09 Å². The van der Waals surface area contributed by atoms with Crippen LogP contribution >= 0.6 is 0 Å². The summed E-state index contributed by atoms with van der Waals surface area (Å²) in [6.45, 7) is 16.5. The number of alkyl carbamates (subject to hydrolysis) is 1. The Morgan fingerprint density at radius 1 is 1.18 bits per heavy atom. The van der Waals surface area contributed by atoms with Crippen LogP contribution in [0.25, 0.3) is 0 Å². The van der Waals surface area contributed by atoms with Crippen LogP contribution in [0.2, 0.25) is 0 Å². The van der Waals surface area contributed by atoms with E-state index in [-0.39, 0.29) is 12.1 Å². The molecule has 0 rings (SSSR count). The zero-order valence-corrected chi connectivity index (χ0v) is 15.6. The molecule has 0 aliphatic rings. The van der Waals surface area contributed by atoms with Crippen molar-refractivity contribution in [2.75, 3.05) is 19.6 Å². The summed E-state index contributed by atoms with van der Waals surface area (Å²) in [5.74, 6) is 0.566. The average Bonchev–Trinajstić information content (AvgIpc) is 2.37. The fourth-order valence-corrected chi connectivity index (χ4v) is 2.63. The number of hydrogen-bond acceptors (Lipinski definition) is 4. The van der Waals surface area contributed by atoms with Crippen molar-refractivity contribution in [3.63, 3.8) is 0 Å². The Morgan fingerprint density at radius 2 is 1.73 bits per heavy atom. The van der Waals surface area contributed by atoms with E-state index < -0.39 is 5.60 Å². The maximum atomic E-state index is 11.8. The van der Waals surface area contributed by atoms with Gasteiger partial charge in [-0.05, 0) is 39.5 Å². The predicted molar refractivity (Wildman–Crippen MR) is 93.0 cm³/mol. The van der Waals surface area contributed by atoms with Crippen molar-refractivity contribution < 1.29 is 9.53 Å². The molecule has 0 radical (unpaired) electrons. The second kappa shape index (κ2) is 10.1. The molecule has 5 nitrogen and oxygen atoms in total. The molecule has 0 aliphatic carbocycles. The van der Waals surface area contributed by atoms with Crippen LogP contribution < -0.4 is 11.1 Å². The van der Waals surface area contributed by atoms with Crippen molar-refractivity contribution in [2.24, 2.45) is 11.7 Å². The summed E-state index contributed by atoms with van der Waals surface area (Å²) in [6, 6.07) is 0.635. The Kier molecular flexibility index (Phi) is 9.69. The summed E-state index contributed by atoms with van der Waals surface area (Å²) in [6.07, 6.45) is 1.80. The monoisotopic (exact) mass is 315 g/mol. The summed E-state index contributed by atoms with van der Waals surface area (Å²) < 4.78 is 5.30. The molecule has 0 spiro atoms. The molecule has 5 heteroatoms. The van der Waals surface area contributed by atoms with E-state index in [1.807, 2.05) is 20.8 Å². The fraction of sp³-hybridized carbons (Fsp3) is 0.941. The second-order valence-electron chi connectivity index (χ2n) is 7.33. The highest BCUT2D eigenvalue weighted by atomic mass is 16.6. The van der Waals surface area contributed by atoms with E-state index in [9.17, 15) is 4.79 Å². The molecular weight excluding hydrogens is 278 g/mol. The lowest BCUT2D eigenvalue weighted by Gasteiger charge is -2.38. The topological polar surface area (TPSA) is 67.6 Å². The number of carbonyl (C=O) groups excluding carboxylic acids is 1. The lowest BCUT2D eigenvalue weighted by molar-refractivity contribution is 0.0486. The van der Waals surface area contributed by atoms with E-state index in [0.29, 0.717) is 25.0 Å². The van der Waals surface area contributed by atoms with Crippen molar-refractivity contribution in [1.29, 1.82) is 0 Å². The molecule has 22 heavy (non-hydrogen) atoms. The maximum Gasteiger partial charge on any atom is 0.407 e. The minimum absolute atomic E-state index is 0.139. The summed E-state index contributed by atoms with van der Waals surface area (Å²) in [5, 5.41) is 2.86. The SMILES string of the molecule is CCC(CC)N(CC(C)C)C(CN)CNC(=O)OC(C)(C)C. The van der Waals surface area contributed by atoms with Crippen LogP contribution in [0.1, 0.15) is 61.3 Å². The first-order valence-electron chi connectivity index (χ1n) is 8.57. The van der Waals surface area contributed by atoms with Crippen LogP contribution in [0.4, 0.5) is 4.79 Å². The van der Waals surface area contributed by atoms with Crippen LogP contribution in [0.15, 0.2) is 0 Å². The number of nitrogens with zero attached hydrogens (tertiary/aromatic N) is 1. The number of hydrogen-bond donors (Lipinski definition) is 2. The molecule has 0 aliphatic heterocycles. The number of rotatable bonds is 9. The summed E-state index contributed by atoms with van der Waals surface area (Å²) in [4.78, 5) is 14.3. The Morgan fingerprint density at radius 3 is 2.09 bits per heavy atom. The highest BCUT2D eigenvalue weighted by Crippen LogP contribution is 2.15. The Hall–Kier alpha value is -0.810. The predicted octanol–water partition coefficient (Wildman–Crippen LogP) is 2.99. The van der Waals surface area contributed by atoms with Crippen molar-refractivity contribution in [3.8, 4) is 0 Å². The fourth-order valence-electron chi connectivity index (χ4n) is 2.63. The molecule has 1 atom stereocenters. The van der Waals surface area contributed by atoms with Crippen molar-refractivity contribution in [1.82, 2.24) is 10.2 Å². The first kappa shape index (κ1) is 21.2. The third kappa shape index (κ3) is 8.59. The van der Waals surface area contributed by atoms with Gasteiger partial charge in [0.25, 0.3) is 0 Å². The van der Waals surface area contributed by atoms with Crippen LogP contribution in [0.5, 0.6) is 0 Å². The zero-order chi connectivity index (χ0) is 17.3. The highest BCUT2D eigenvalue weighted by Gasteiger charge is 2.25. The maximum absolute atomic E-state index is 11.8. The molecule has 0 aromatic rings. The third-order valence-electron chi connectivity index (χ3n) is 3.61. The number of ether oxygens (including phenoxy) is 1. The highest BCUT2D eigenvalue weighted by molar-refractivity contribution is 5.67. The largest absolute Gasteiger partial charge is 0.444 e. The van der Waals surface area contributed by atoms with Crippen LogP contribution in [-0.4, -0.2) is 48.3 Å². The molecule has 3 N–H and O–H groups in total. The van der Waals surface area contributed by atoms with Gasteiger partial charge in [0.1, 0.15) is 5.60 Å². The molecule has 0 fully saturated rings. The lowest BCUT2D eigenvalue weighted by atomic mass is 10.0. The standard InChI is InChI=1S/C17H37N3O2/c1-8-14(9-2)20(12-13(3)4)15(10-18)11-19-16(21)22-17(5,6)7/h13-15H,8-12,18H2,1-7H3,(H,19,21). The Bertz CT molecular complexity index is 310. The van der Waals surface area contributed by atoms with Gasteiger partial charge in [-0.15, -0.1) is 0 Å². The molecule has 0 heterocycles. The number of carbonyl (C=O) groups is 1. The van der Waals surface area contributed by atoms with Crippen molar-refractivity contribution in [3.05, 3.63) is 0 Å². The van der Waals surface area contributed by atoms with Gasteiger partial charge in [0.15, 0.2) is 0 Å². The Balaban J connectivity index is 4.74. The van der Waals surface area contributed by atoms with E-state index in [1.54, 1.807) is 0 Å². The van der Waals surface area contributed by atoms with Gasteiger partial charge in [-0.25, -0.2) is 4.79 Å². The quantitative estimate of drug-likeness (QED) is 0.686. The number of nitrogens with one attached hydrogen (secondary N) is 1. The van der Waals surface area contributed by atoms with E-state index in [1.165, 1.54) is 0 Å². The van der Waals surface area contributed by atoms with Gasteiger partial charge in [0.2, 0.25) is 0 Å². The van der Waals surface area contributed by atoms with Gasteiger partial charge in [0, 0.05) is 31.7 Å². The number of amides is 1. The van der Waals surface area contributed by atoms with Gasteiger partial charge in [-0.1, -0.05) is 27.7 Å². The van der Waals surface area contributed by atoms with Crippen LogP contribution in [-0.2, 0) is 4.74 Å². The van der Waals surface area contributed by atoms with E-state index in [2.05, 4.69) is 37.9 Å². The van der Waals surface area contributed by atoms with E-state index in [4.69, 9.17) is 10.5 Å². The summed E-state index contributed by atoms with van der Waals surface area (Å²) in [5.41, 5.74) is 5.50. The van der Waals surface area contributed by atoms with Crippen LogP contribution in [0, 0.1) is 5.92 Å². The summed E-state index contributed by atoms with van der Waals surface area (Å²) in [7, 11) is 0. The average molecular weight is 316 g/mol. The van der Waals surface area contributed by atoms with Gasteiger partial charge in [-0.2, -0.15) is 0 Å². The van der Waals surface area contributed by atoms with Gasteiger partial charge in [0.05, 0.1) is 0 Å². The van der Waals surface area contributed by atoms with Gasteiger partial charge in [-0.3, -0.25) is 4.90 Å². The molecule has 1 unspecified atom stereocenters. The van der Waals surface area contributed by atoms with E-state index in [0.717, 1.165) is 19.4 Å². The van der Waals surface area contributed by atoms with Crippen LogP contribution in [0.3, 0.4) is 0 Å². The molecule has 0 aromatic heterocycles. The zero-order valence-electron chi connectivity index (χ0n) is 15.6. The smallest absolute Gasteiger partial charge is 0.407 e. The second-order valence-corrected chi connectivity index (χ2v) is 7.33. The van der Waals surface area contributed by atoms with E-state index >= 15 is 0 Å². The lowest BCUT2D eigenvalue weighted by Crippen LogP contribution is -2.53. The third-order valence-corrected chi connectivity index (χ3v) is 3.61. The summed E-state index contributed by atoms with van der Waals surface area (Å²) >= 11 is 0. The molecule has 0 aromatic carbocycles. The molecule has 0 saturated heterocycles. The molecular formula is C17H37N3O2. The minimum Gasteiger partial charge on any atom is -0.444 e. The first-order chi connectivity index (χ1) is 10.1. The first-order valence-corrected chi connectivity index (χ1v) is 8.57. The molecule has 0 saturated carbocycles.